The molecule has 20 heavy (non-hydrogen) atoms. The van der Waals surface area contributed by atoms with E-state index in [-0.39, 0.29) is 23.0 Å². The molecule has 0 atom stereocenters. The predicted molar refractivity (Wildman–Crippen MR) is 80.5 cm³/mol. The molecular formula is C15H31N3O2. The Balaban J connectivity index is 2.46. The second-order valence-corrected chi connectivity index (χ2v) is 7.21. The first-order valence-corrected chi connectivity index (χ1v) is 7.68. The maximum absolute atomic E-state index is 12.0. The molecule has 4 N–H and O–H groups in total. The van der Waals surface area contributed by atoms with Crippen LogP contribution in [0.5, 0.6) is 0 Å². The number of nitrogens with zero attached hydrogens (tertiary/aromatic N) is 1. The summed E-state index contributed by atoms with van der Waals surface area (Å²) in [5.74, 6) is 0.116. The fraction of sp³-hybridized carbons (Fsp3) is 0.933. The topological polar surface area (TPSA) is 78.6 Å². The van der Waals surface area contributed by atoms with Gasteiger partial charge in [-0.05, 0) is 59.9 Å². The lowest BCUT2D eigenvalue weighted by molar-refractivity contribution is -0.246. The minimum atomic E-state index is -0.320. The van der Waals surface area contributed by atoms with Crippen molar-refractivity contribution >= 4 is 5.91 Å². The van der Waals surface area contributed by atoms with Crippen LogP contribution in [-0.2, 0) is 4.79 Å². The normalized spacial score (nSPS) is 22.7. The Kier molecular flexibility index (Phi) is 5.98. The van der Waals surface area contributed by atoms with Gasteiger partial charge in [0.25, 0.3) is 0 Å². The van der Waals surface area contributed by atoms with Crippen molar-refractivity contribution < 1.29 is 10.0 Å². The van der Waals surface area contributed by atoms with Gasteiger partial charge in [-0.15, -0.1) is 0 Å². The molecule has 118 valence electrons. The number of carbonyl (C=O) groups is 1. The van der Waals surface area contributed by atoms with Crippen LogP contribution in [0.1, 0.15) is 66.2 Å². The SMILES string of the molecule is CC1(C)CC(NC(=O)CCCCCN)CC(C)(C)N1O. The van der Waals surface area contributed by atoms with Gasteiger partial charge in [0.05, 0.1) is 0 Å². The smallest absolute Gasteiger partial charge is 0.220 e. The van der Waals surface area contributed by atoms with Gasteiger partial charge in [-0.1, -0.05) is 6.42 Å². The van der Waals surface area contributed by atoms with Crippen LogP contribution in [0.2, 0.25) is 0 Å². The number of carbonyl (C=O) groups excluding carboxylic acids is 1. The van der Waals surface area contributed by atoms with Gasteiger partial charge in [-0.2, -0.15) is 5.06 Å². The Hall–Kier alpha value is -0.650. The molecule has 0 aromatic carbocycles. The van der Waals surface area contributed by atoms with Crippen LogP contribution >= 0.6 is 0 Å². The molecule has 0 radical (unpaired) electrons. The lowest BCUT2D eigenvalue weighted by Gasteiger charge is -2.51. The molecule has 1 aliphatic heterocycles. The number of nitrogens with one attached hydrogen (secondary N) is 1. The summed E-state index contributed by atoms with van der Waals surface area (Å²) in [6, 6.07) is 0.130. The van der Waals surface area contributed by atoms with Crippen molar-refractivity contribution in [1.29, 1.82) is 0 Å². The zero-order chi connectivity index (χ0) is 15.4. The largest absolute Gasteiger partial charge is 0.353 e. The molecule has 0 aromatic rings. The molecule has 0 spiro atoms. The van der Waals surface area contributed by atoms with E-state index in [4.69, 9.17) is 5.73 Å². The van der Waals surface area contributed by atoms with E-state index in [9.17, 15) is 10.0 Å². The van der Waals surface area contributed by atoms with Gasteiger partial charge in [0.2, 0.25) is 5.91 Å². The number of unbranched alkanes of at least 4 members (excludes halogenated alkanes) is 2. The van der Waals surface area contributed by atoms with Gasteiger partial charge in [0.1, 0.15) is 0 Å². The summed E-state index contributed by atoms with van der Waals surface area (Å²) in [5.41, 5.74) is 4.80. The molecule has 1 heterocycles. The fourth-order valence-corrected chi connectivity index (χ4v) is 3.28. The lowest BCUT2D eigenvalue weighted by atomic mass is 9.79. The van der Waals surface area contributed by atoms with E-state index in [1.165, 1.54) is 5.06 Å². The van der Waals surface area contributed by atoms with Crippen molar-refractivity contribution in [3.8, 4) is 0 Å². The molecule has 5 heteroatoms. The second-order valence-electron chi connectivity index (χ2n) is 7.21. The summed E-state index contributed by atoms with van der Waals surface area (Å²) in [7, 11) is 0. The fourth-order valence-electron chi connectivity index (χ4n) is 3.28. The minimum Gasteiger partial charge on any atom is -0.353 e. The zero-order valence-corrected chi connectivity index (χ0v) is 13.4. The summed E-state index contributed by atoms with van der Waals surface area (Å²) in [5, 5.41) is 14.8. The molecule has 0 aromatic heterocycles. The molecule has 1 fully saturated rings. The molecule has 1 rings (SSSR count). The molecule has 1 amide bonds. The lowest BCUT2D eigenvalue weighted by Crippen LogP contribution is -2.62. The highest BCUT2D eigenvalue weighted by atomic mass is 16.5. The van der Waals surface area contributed by atoms with E-state index < -0.39 is 0 Å². The summed E-state index contributed by atoms with van der Waals surface area (Å²) in [6.07, 6.45) is 4.99. The average molecular weight is 285 g/mol. The van der Waals surface area contributed by atoms with E-state index >= 15 is 0 Å². The van der Waals surface area contributed by atoms with Gasteiger partial charge in [0.15, 0.2) is 0 Å². The molecule has 0 unspecified atom stereocenters. The maximum Gasteiger partial charge on any atom is 0.220 e. The third kappa shape index (κ3) is 4.72. The first kappa shape index (κ1) is 17.4. The molecule has 0 bridgehead atoms. The third-order valence-corrected chi connectivity index (χ3v) is 4.11. The number of nitrogens with two attached hydrogens (primary N) is 1. The minimum absolute atomic E-state index is 0.116. The number of amides is 1. The number of hydrogen-bond donors (Lipinski definition) is 3. The van der Waals surface area contributed by atoms with E-state index in [1.807, 2.05) is 27.7 Å². The highest BCUT2D eigenvalue weighted by molar-refractivity contribution is 5.76. The predicted octanol–water partition coefficient (Wildman–Crippen LogP) is 2.03. The first-order chi connectivity index (χ1) is 9.19. The first-order valence-electron chi connectivity index (χ1n) is 7.68. The monoisotopic (exact) mass is 285 g/mol. The van der Waals surface area contributed by atoms with E-state index in [1.54, 1.807) is 0 Å². The molecule has 0 aliphatic carbocycles. The molecule has 0 saturated carbocycles. The summed E-state index contributed by atoms with van der Waals surface area (Å²) < 4.78 is 0. The van der Waals surface area contributed by atoms with E-state index in [0.717, 1.165) is 32.1 Å². The van der Waals surface area contributed by atoms with Crippen LogP contribution in [0.3, 0.4) is 0 Å². The van der Waals surface area contributed by atoms with Crippen LogP contribution < -0.4 is 11.1 Å². The quantitative estimate of drug-likeness (QED) is 0.653. The van der Waals surface area contributed by atoms with Gasteiger partial charge < -0.3 is 16.3 Å². The van der Waals surface area contributed by atoms with Crippen molar-refractivity contribution in [3.63, 3.8) is 0 Å². The van der Waals surface area contributed by atoms with Crippen molar-refractivity contribution in [2.24, 2.45) is 5.73 Å². The number of piperidine rings is 1. The number of hydroxylamine groups is 2. The summed E-state index contributed by atoms with van der Waals surface area (Å²) >= 11 is 0. The zero-order valence-electron chi connectivity index (χ0n) is 13.4. The average Bonchev–Trinajstić information content (AvgIpc) is 2.31. The van der Waals surface area contributed by atoms with Gasteiger partial charge in [-0.3, -0.25) is 4.79 Å². The van der Waals surface area contributed by atoms with E-state index in [2.05, 4.69) is 5.32 Å². The standard InChI is InChI=1S/C15H31N3O2/c1-14(2)10-12(11-15(3,4)18(14)20)17-13(19)8-6-5-7-9-16/h12,20H,5-11,16H2,1-4H3,(H,17,19). The van der Waals surface area contributed by atoms with Gasteiger partial charge in [-0.25, -0.2) is 0 Å². The van der Waals surface area contributed by atoms with Crippen LogP contribution in [0.4, 0.5) is 0 Å². The van der Waals surface area contributed by atoms with Crippen molar-refractivity contribution in [2.45, 2.75) is 83.3 Å². The second kappa shape index (κ2) is 6.87. The Morgan fingerprint density at radius 3 is 2.25 bits per heavy atom. The van der Waals surface area contributed by atoms with Crippen molar-refractivity contribution in [3.05, 3.63) is 0 Å². The third-order valence-electron chi connectivity index (χ3n) is 4.11. The van der Waals surface area contributed by atoms with Crippen molar-refractivity contribution in [2.75, 3.05) is 6.54 Å². The van der Waals surface area contributed by atoms with Crippen LogP contribution in [0.25, 0.3) is 0 Å². The maximum atomic E-state index is 12.0. The van der Waals surface area contributed by atoms with Crippen LogP contribution in [0, 0.1) is 0 Å². The number of hydrogen-bond acceptors (Lipinski definition) is 4. The molecule has 5 nitrogen and oxygen atoms in total. The Morgan fingerprint density at radius 2 is 1.75 bits per heavy atom. The molecule has 1 saturated heterocycles. The Morgan fingerprint density at radius 1 is 1.20 bits per heavy atom. The summed E-state index contributed by atoms with van der Waals surface area (Å²) in [6.45, 7) is 8.73. The molecule has 1 aliphatic rings. The van der Waals surface area contributed by atoms with Gasteiger partial charge in [0, 0.05) is 23.5 Å². The van der Waals surface area contributed by atoms with E-state index in [0.29, 0.717) is 13.0 Å². The molecular weight excluding hydrogens is 254 g/mol. The number of rotatable bonds is 6. The van der Waals surface area contributed by atoms with Crippen LogP contribution in [-0.4, -0.2) is 39.8 Å². The Bertz CT molecular complexity index is 311. The highest BCUT2D eigenvalue weighted by Gasteiger charge is 2.45. The Labute approximate surface area is 122 Å². The van der Waals surface area contributed by atoms with Gasteiger partial charge >= 0.3 is 0 Å². The highest BCUT2D eigenvalue weighted by Crippen LogP contribution is 2.36. The summed E-state index contributed by atoms with van der Waals surface area (Å²) in [4.78, 5) is 12.0. The van der Waals surface area contributed by atoms with Crippen molar-refractivity contribution in [1.82, 2.24) is 10.4 Å². The van der Waals surface area contributed by atoms with Crippen LogP contribution in [0.15, 0.2) is 0 Å².